The maximum atomic E-state index is 14.5. The number of alkyl halides is 6. The van der Waals surface area contributed by atoms with E-state index in [1.54, 1.807) is 96.3 Å². The number of benzene rings is 6. The molecule has 0 unspecified atom stereocenters. The van der Waals surface area contributed by atoms with E-state index in [0.717, 1.165) is 34.4 Å². The molecule has 0 heterocycles. The second-order valence-corrected chi connectivity index (χ2v) is 15.6. The number of amides is 2. The fourth-order valence-corrected chi connectivity index (χ4v) is 7.18. The van der Waals surface area contributed by atoms with Gasteiger partial charge in [0.2, 0.25) is 0 Å². The van der Waals surface area contributed by atoms with Crippen molar-refractivity contribution in [2.75, 3.05) is 12.4 Å². The summed E-state index contributed by atoms with van der Waals surface area (Å²) in [6.07, 6.45) is -9.43. The Morgan fingerprint density at radius 2 is 0.902 bits per heavy atom. The Balaban J connectivity index is 1.21. The van der Waals surface area contributed by atoms with E-state index in [4.69, 9.17) is 9.47 Å². The van der Waals surface area contributed by atoms with Gasteiger partial charge in [-0.2, -0.15) is 26.3 Å². The number of ether oxygens (including phenoxy) is 2. The normalized spacial score (nSPS) is 11.9. The maximum Gasteiger partial charge on any atom is 0.420 e. The van der Waals surface area contributed by atoms with Gasteiger partial charge >= 0.3 is 12.4 Å². The molecule has 0 spiro atoms. The number of hydrogen-bond donors (Lipinski definition) is 2. The van der Waals surface area contributed by atoms with Crippen LogP contribution in [0.4, 0.5) is 32.0 Å². The third-order valence-electron chi connectivity index (χ3n) is 10.6. The molecular weight excluding hydrogens is 795 g/mol. The lowest BCUT2D eigenvalue weighted by molar-refractivity contribution is -0.139. The first-order chi connectivity index (χ1) is 28.6. The Labute approximate surface area is 350 Å². The van der Waals surface area contributed by atoms with Gasteiger partial charge in [-0.05, 0) is 134 Å². The number of anilines is 1. The molecule has 0 aliphatic heterocycles. The summed E-state index contributed by atoms with van der Waals surface area (Å²) in [7, 11) is 1.54. The zero-order valence-electron chi connectivity index (χ0n) is 34.8. The van der Waals surface area contributed by atoms with Crippen LogP contribution in [0.15, 0.2) is 109 Å². The third-order valence-corrected chi connectivity index (χ3v) is 10.6. The second-order valence-electron chi connectivity index (χ2n) is 15.6. The van der Waals surface area contributed by atoms with E-state index in [2.05, 4.69) is 10.6 Å². The summed E-state index contributed by atoms with van der Waals surface area (Å²) in [5.41, 5.74) is 4.19. The predicted octanol–water partition coefficient (Wildman–Crippen LogP) is 13.5. The van der Waals surface area contributed by atoms with Gasteiger partial charge in [0.05, 0.1) is 5.56 Å². The highest BCUT2D eigenvalue weighted by Crippen LogP contribution is 2.45. The largest absolute Gasteiger partial charge is 0.456 e. The average molecular weight is 839 g/mol. The Hall–Kier alpha value is -6.56. The molecule has 6 nitrogen and oxygen atoms in total. The smallest absolute Gasteiger partial charge is 0.420 e. The van der Waals surface area contributed by atoms with E-state index in [1.165, 1.54) is 18.2 Å². The Kier molecular flexibility index (Phi) is 12.1. The zero-order valence-corrected chi connectivity index (χ0v) is 34.8. The van der Waals surface area contributed by atoms with Crippen molar-refractivity contribution >= 4 is 17.5 Å². The van der Waals surface area contributed by atoms with Gasteiger partial charge in [-0.1, -0.05) is 74.0 Å². The standard InChI is InChI=1S/C49H44F6N2O4/c1-27-9-19-41(39(21-27)48(50,51)52)60-43-28(2)22-36(23-29(43)3)47(6,7)37-24-30(4)44(31(5)25-37)61-42-20-18-38(26-40(42)49(53,54)55)57-46(59)35-16-12-33(13-17-35)32-10-14-34(15-11-32)45(58)56-8/h9-26H,1-8H3,(H,56,58)(H,57,59). The van der Waals surface area contributed by atoms with E-state index < -0.39 is 40.6 Å². The summed E-state index contributed by atoms with van der Waals surface area (Å²) in [4.78, 5) is 25.0. The summed E-state index contributed by atoms with van der Waals surface area (Å²) in [6.45, 7) is 12.6. The van der Waals surface area contributed by atoms with Gasteiger partial charge < -0.3 is 20.1 Å². The fraction of sp³-hybridized carbons (Fsp3) is 0.224. The van der Waals surface area contributed by atoms with Crippen molar-refractivity contribution in [3.8, 4) is 34.1 Å². The summed E-state index contributed by atoms with van der Waals surface area (Å²) in [5.74, 6) is -1.02. The van der Waals surface area contributed by atoms with Crippen molar-refractivity contribution in [2.45, 2.75) is 66.2 Å². The molecule has 0 saturated heterocycles. The van der Waals surface area contributed by atoms with Crippen molar-refractivity contribution < 1.29 is 45.4 Å². The number of carbonyl (C=O) groups is 2. The highest BCUT2D eigenvalue weighted by atomic mass is 19.4. The maximum absolute atomic E-state index is 14.5. The van der Waals surface area contributed by atoms with Crippen molar-refractivity contribution in [3.05, 3.63) is 170 Å². The summed E-state index contributed by atoms with van der Waals surface area (Å²) >= 11 is 0. The van der Waals surface area contributed by atoms with Crippen molar-refractivity contribution in [3.63, 3.8) is 0 Å². The molecule has 0 aliphatic rings. The minimum absolute atomic E-state index is 0.0780. The van der Waals surface area contributed by atoms with Gasteiger partial charge in [-0.15, -0.1) is 0 Å². The minimum atomic E-state index is -4.83. The predicted molar refractivity (Wildman–Crippen MR) is 225 cm³/mol. The quantitative estimate of drug-likeness (QED) is 0.135. The summed E-state index contributed by atoms with van der Waals surface area (Å²) in [5, 5.41) is 5.11. The molecule has 0 radical (unpaired) electrons. The molecule has 316 valence electrons. The molecule has 6 aromatic carbocycles. The van der Waals surface area contributed by atoms with Crippen LogP contribution in [0.5, 0.6) is 23.0 Å². The Morgan fingerprint density at radius 3 is 1.31 bits per heavy atom. The van der Waals surface area contributed by atoms with Crippen LogP contribution in [0.3, 0.4) is 0 Å². The zero-order chi connectivity index (χ0) is 44.6. The van der Waals surface area contributed by atoms with Crippen LogP contribution >= 0.6 is 0 Å². The number of aryl methyl sites for hydroxylation is 5. The Morgan fingerprint density at radius 1 is 0.508 bits per heavy atom. The first-order valence-electron chi connectivity index (χ1n) is 19.3. The lowest BCUT2D eigenvalue weighted by Crippen LogP contribution is -2.20. The first-order valence-corrected chi connectivity index (χ1v) is 19.3. The van der Waals surface area contributed by atoms with Gasteiger partial charge in [0, 0.05) is 29.3 Å². The Bertz CT molecular complexity index is 2580. The molecule has 0 fully saturated rings. The highest BCUT2D eigenvalue weighted by Gasteiger charge is 2.37. The molecule has 6 rings (SSSR count). The molecule has 2 N–H and O–H groups in total. The average Bonchev–Trinajstić information content (AvgIpc) is 3.20. The minimum Gasteiger partial charge on any atom is -0.456 e. The van der Waals surface area contributed by atoms with Gasteiger partial charge in [0.1, 0.15) is 28.6 Å². The fourth-order valence-electron chi connectivity index (χ4n) is 7.18. The van der Waals surface area contributed by atoms with Crippen LogP contribution < -0.4 is 20.1 Å². The highest BCUT2D eigenvalue weighted by molar-refractivity contribution is 6.04. The first kappa shape index (κ1) is 44.0. The van der Waals surface area contributed by atoms with Crippen molar-refractivity contribution in [2.24, 2.45) is 0 Å². The van der Waals surface area contributed by atoms with E-state index in [0.29, 0.717) is 39.1 Å². The number of hydrogen-bond acceptors (Lipinski definition) is 4. The lowest BCUT2D eigenvalue weighted by atomic mass is 9.76. The van der Waals surface area contributed by atoms with Crippen LogP contribution in [0.2, 0.25) is 0 Å². The van der Waals surface area contributed by atoms with Crippen LogP contribution in [0.1, 0.15) is 84.6 Å². The molecule has 0 saturated carbocycles. The monoisotopic (exact) mass is 838 g/mol. The number of halogens is 6. The SMILES string of the molecule is CNC(=O)c1ccc(-c2ccc(C(=O)Nc3ccc(Oc4c(C)cc(C(C)(C)c5cc(C)c(Oc6ccc(C)cc6C(F)(F)F)c(C)c5)cc4C)c(C(F)(F)F)c3)cc2)cc1. The van der Waals surface area contributed by atoms with Crippen LogP contribution in [-0.4, -0.2) is 18.9 Å². The van der Waals surface area contributed by atoms with Gasteiger partial charge in [-0.25, -0.2) is 0 Å². The molecular formula is C49H44F6N2O4. The molecule has 61 heavy (non-hydrogen) atoms. The van der Waals surface area contributed by atoms with E-state index in [1.807, 2.05) is 38.1 Å². The molecule has 0 atom stereocenters. The summed E-state index contributed by atoms with van der Waals surface area (Å²) in [6, 6.07) is 28.1. The van der Waals surface area contributed by atoms with Crippen molar-refractivity contribution in [1.82, 2.24) is 5.32 Å². The molecule has 0 bridgehead atoms. The molecule has 12 heteroatoms. The van der Waals surface area contributed by atoms with E-state index in [9.17, 15) is 35.9 Å². The van der Waals surface area contributed by atoms with Crippen LogP contribution in [-0.2, 0) is 17.8 Å². The lowest BCUT2D eigenvalue weighted by Gasteiger charge is -2.29. The summed E-state index contributed by atoms with van der Waals surface area (Å²) < 4.78 is 97.0. The molecule has 2 amide bonds. The van der Waals surface area contributed by atoms with E-state index >= 15 is 0 Å². The van der Waals surface area contributed by atoms with Crippen LogP contribution in [0, 0.1) is 34.6 Å². The van der Waals surface area contributed by atoms with Gasteiger partial charge in [0.15, 0.2) is 0 Å². The van der Waals surface area contributed by atoms with Crippen LogP contribution in [0.25, 0.3) is 11.1 Å². The topological polar surface area (TPSA) is 76.7 Å². The molecule has 0 aromatic heterocycles. The van der Waals surface area contributed by atoms with Gasteiger partial charge in [0.25, 0.3) is 11.8 Å². The molecule has 6 aromatic rings. The number of nitrogens with one attached hydrogen (secondary N) is 2. The van der Waals surface area contributed by atoms with E-state index in [-0.39, 0.29) is 28.7 Å². The number of rotatable bonds is 10. The van der Waals surface area contributed by atoms with Crippen molar-refractivity contribution in [1.29, 1.82) is 0 Å². The number of carbonyl (C=O) groups excluding carboxylic acids is 2. The second kappa shape index (κ2) is 16.8. The third kappa shape index (κ3) is 9.59. The van der Waals surface area contributed by atoms with Gasteiger partial charge in [-0.3, -0.25) is 9.59 Å². The molecule has 0 aliphatic carbocycles.